The van der Waals surface area contributed by atoms with E-state index in [-0.39, 0.29) is 0 Å². The Kier molecular flexibility index (Phi) is 4.91. The van der Waals surface area contributed by atoms with Crippen LogP contribution in [0.2, 0.25) is 0 Å². The lowest BCUT2D eigenvalue weighted by Crippen LogP contribution is -2.31. The summed E-state index contributed by atoms with van der Waals surface area (Å²) in [7, 11) is 4.17. The molecule has 0 aromatic carbocycles. The quantitative estimate of drug-likeness (QED) is 0.868. The second-order valence-corrected chi connectivity index (χ2v) is 6.39. The van der Waals surface area contributed by atoms with E-state index in [0.29, 0.717) is 5.92 Å². The highest BCUT2D eigenvalue weighted by atomic mass is 15.3. The maximum absolute atomic E-state index is 6.19. The van der Waals surface area contributed by atoms with Crippen LogP contribution < -0.4 is 11.1 Å². The highest BCUT2D eigenvalue weighted by Gasteiger charge is 2.18. The van der Waals surface area contributed by atoms with Gasteiger partial charge in [0.1, 0.15) is 5.82 Å². The van der Waals surface area contributed by atoms with Crippen molar-refractivity contribution in [2.75, 3.05) is 37.7 Å². The van der Waals surface area contributed by atoms with E-state index in [0.717, 1.165) is 29.7 Å². The Hall–Kier alpha value is -1.23. The van der Waals surface area contributed by atoms with Crippen molar-refractivity contribution < 1.29 is 0 Å². The van der Waals surface area contributed by atoms with Crippen molar-refractivity contribution in [3.05, 3.63) is 5.69 Å². The highest BCUT2D eigenvalue weighted by Crippen LogP contribution is 2.28. The van der Waals surface area contributed by atoms with Crippen LogP contribution in [-0.4, -0.2) is 41.4 Å². The van der Waals surface area contributed by atoms with Gasteiger partial charge in [-0.2, -0.15) is 5.10 Å². The van der Waals surface area contributed by atoms with Crippen LogP contribution in [0.25, 0.3) is 0 Å². The minimum absolute atomic E-state index is 0.366. The molecule has 1 saturated heterocycles. The molecule has 0 unspecified atom stereocenters. The van der Waals surface area contributed by atoms with Gasteiger partial charge in [0.2, 0.25) is 0 Å². The van der Waals surface area contributed by atoms with Crippen LogP contribution in [0.15, 0.2) is 0 Å². The Morgan fingerprint density at radius 3 is 2.50 bits per heavy atom. The van der Waals surface area contributed by atoms with Crippen LogP contribution in [0.5, 0.6) is 0 Å². The molecule has 5 heteroatoms. The minimum atomic E-state index is 0.366. The number of nitrogens with zero attached hydrogens (tertiary/aromatic N) is 3. The minimum Gasteiger partial charge on any atom is -0.394 e. The number of anilines is 2. The Labute approximate surface area is 122 Å². The van der Waals surface area contributed by atoms with Gasteiger partial charge in [0.25, 0.3) is 0 Å². The molecule has 0 amide bonds. The summed E-state index contributed by atoms with van der Waals surface area (Å²) in [5, 5.41) is 7.98. The van der Waals surface area contributed by atoms with E-state index < -0.39 is 0 Å². The zero-order valence-electron chi connectivity index (χ0n) is 13.3. The fourth-order valence-electron chi connectivity index (χ4n) is 2.94. The molecule has 3 N–H and O–H groups in total. The van der Waals surface area contributed by atoms with Crippen LogP contribution >= 0.6 is 0 Å². The summed E-state index contributed by atoms with van der Waals surface area (Å²) < 4.78 is 1.87. The molecule has 114 valence electrons. The van der Waals surface area contributed by atoms with E-state index in [2.05, 4.69) is 36.2 Å². The normalized spacial score (nSPS) is 17.9. The molecular weight excluding hydrogens is 250 g/mol. The Morgan fingerprint density at radius 2 is 1.95 bits per heavy atom. The summed E-state index contributed by atoms with van der Waals surface area (Å²) in [6.45, 7) is 7.70. The zero-order valence-corrected chi connectivity index (χ0v) is 13.3. The first-order valence-corrected chi connectivity index (χ1v) is 7.73. The fourth-order valence-corrected chi connectivity index (χ4v) is 2.94. The summed E-state index contributed by atoms with van der Waals surface area (Å²) in [5.41, 5.74) is 8.00. The van der Waals surface area contributed by atoms with Gasteiger partial charge < -0.3 is 16.0 Å². The number of nitrogen functional groups attached to an aromatic ring is 1. The number of nitrogens with one attached hydrogen (secondary N) is 1. The Morgan fingerprint density at radius 1 is 1.30 bits per heavy atom. The van der Waals surface area contributed by atoms with Gasteiger partial charge in [0.05, 0.1) is 11.4 Å². The second kappa shape index (κ2) is 6.48. The third kappa shape index (κ3) is 3.45. The third-order valence-corrected chi connectivity index (χ3v) is 4.34. The molecular formula is C15H29N5. The van der Waals surface area contributed by atoms with Gasteiger partial charge in [-0.25, -0.2) is 0 Å². The van der Waals surface area contributed by atoms with Crippen LogP contribution in [0.1, 0.15) is 44.7 Å². The van der Waals surface area contributed by atoms with Crippen molar-refractivity contribution in [3.63, 3.8) is 0 Å². The number of piperidine rings is 1. The highest BCUT2D eigenvalue weighted by molar-refractivity contribution is 5.65. The maximum Gasteiger partial charge on any atom is 0.147 e. The fraction of sp³-hybridized carbons (Fsp3) is 0.800. The lowest BCUT2D eigenvalue weighted by molar-refractivity contribution is 0.215. The summed E-state index contributed by atoms with van der Waals surface area (Å²) in [6, 6.07) is 0. The zero-order chi connectivity index (χ0) is 14.7. The van der Waals surface area contributed by atoms with Crippen molar-refractivity contribution >= 4 is 11.5 Å². The van der Waals surface area contributed by atoms with E-state index in [1.54, 1.807) is 0 Å². The lowest BCUT2D eigenvalue weighted by atomic mass is 9.94. The van der Waals surface area contributed by atoms with Crippen molar-refractivity contribution in [1.29, 1.82) is 0 Å². The monoisotopic (exact) mass is 279 g/mol. The van der Waals surface area contributed by atoms with Crippen LogP contribution in [-0.2, 0) is 7.05 Å². The number of rotatable bonds is 5. The molecule has 2 rings (SSSR count). The molecule has 1 aromatic rings. The van der Waals surface area contributed by atoms with E-state index >= 15 is 0 Å². The van der Waals surface area contributed by atoms with Crippen LogP contribution in [0, 0.1) is 5.92 Å². The summed E-state index contributed by atoms with van der Waals surface area (Å²) in [4.78, 5) is 2.41. The molecule has 20 heavy (non-hydrogen) atoms. The van der Waals surface area contributed by atoms with Gasteiger partial charge in [-0.15, -0.1) is 0 Å². The number of likely N-dealkylation sites (tertiary alicyclic amines) is 1. The smallest absolute Gasteiger partial charge is 0.147 e. The standard InChI is InChI=1S/C15H29N5/c1-11(2)14-13(16)15(20(4)18-14)17-8-5-12-6-9-19(3)10-7-12/h11-12,17H,5-10,16H2,1-4H3. The third-order valence-electron chi connectivity index (χ3n) is 4.34. The SMILES string of the molecule is CC(C)c1nn(C)c(NCCC2CCN(C)CC2)c1N. The second-order valence-electron chi connectivity index (χ2n) is 6.39. The Bertz CT molecular complexity index is 430. The van der Waals surface area contributed by atoms with E-state index in [1.165, 1.54) is 32.4 Å². The van der Waals surface area contributed by atoms with Gasteiger partial charge in [-0.3, -0.25) is 4.68 Å². The molecule has 1 aliphatic heterocycles. The maximum atomic E-state index is 6.19. The number of hydrogen-bond donors (Lipinski definition) is 2. The molecule has 0 atom stereocenters. The predicted molar refractivity (Wildman–Crippen MR) is 85.0 cm³/mol. The number of aryl methyl sites for hydroxylation is 1. The summed E-state index contributed by atoms with van der Waals surface area (Å²) in [5.74, 6) is 2.19. The molecule has 0 saturated carbocycles. The molecule has 0 bridgehead atoms. The topological polar surface area (TPSA) is 59.1 Å². The number of hydrogen-bond acceptors (Lipinski definition) is 4. The van der Waals surface area contributed by atoms with E-state index in [9.17, 15) is 0 Å². The van der Waals surface area contributed by atoms with Crippen molar-refractivity contribution in [2.45, 2.75) is 39.0 Å². The molecule has 5 nitrogen and oxygen atoms in total. The first-order valence-electron chi connectivity index (χ1n) is 7.73. The van der Waals surface area contributed by atoms with E-state index in [4.69, 9.17) is 5.73 Å². The van der Waals surface area contributed by atoms with Crippen LogP contribution in [0.3, 0.4) is 0 Å². The molecule has 0 radical (unpaired) electrons. The molecule has 0 aliphatic carbocycles. The molecule has 1 fully saturated rings. The average Bonchev–Trinajstić information content (AvgIpc) is 2.69. The first kappa shape index (κ1) is 15.2. The lowest BCUT2D eigenvalue weighted by Gasteiger charge is -2.29. The van der Waals surface area contributed by atoms with Gasteiger partial charge in [0, 0.05) is 13.6 Å². The Balaban J connectivity index is 1.85. The largest absolute Gasteiger partial charge is 0.394 e. The molecule has 1 aromatic heterocycles. The number of nitrogens with two attached hydrogens (primary N) is 1. The van der Waals surface area contributed by atoms with Gasteiger partial charge in [-0.05, 0) is 51.2 Å². The number of aromatic nitrogens is 2. The average molecular weight is 279 g/mol. The van der Waals surface area contributed by atoms with Crippen molar-refractivity contribution in [3.8, 4) is 0 Å². The molecule has 2 heterocycles. The van der Waals surface area contributed by atoms with Gasteiger partial charge in [0.15, 0.2) is 0 Å². The molecule has 1 aliphatic rings. The van der Waals surface area contributed by atoms with Crippen LogP contribution in [0.4, 0.5) is 11.5 Å². The van der Waals surface area contributed by atoms with E-state index in [1.807, 2.05) is 11.7 Å². The first-order chi connectivity index (χ1) is 9.49. The van der Waals surface area contributed by atoms with Gasteiger partial charge in [-0.1, -0.05) is 13.8 Å². The summed E-state index contributed by atoms with van der Waals surface area (Å²) in [6.07, 6.45) is 3.85. The van der Waals surface area contributed by atoms with Crippen molar-refractivity contribution in [1.82, 2.24) is 14.7 Å². The molecule has 0 spiro atoms. The predicted octanol–water partition coefficient (Wildman–Crippen LogP) is 2.27. The van der Waals surface area contributed by atoms with Crippen molar-refractivity contribution in [2.24, 2.45) is 13.0 Å². The summed E-state index contributed by atoms with van der Waals surface area (Å²) >= 11 is 0. The van der Waals surface area contributed by atoms with Gasteiger partial charge >= 0.3 is 0 Å².